The van der Waals surface area contributed by atoms with Gasteiger partial charge in [-0.2, -0.15) is 0 Å². The van der Waals surface area contributed by atoms with Gasteiger partial charge in [-0.1, -0.05) is 164 Å². The van der Waals surface area contributed by atoms with E-state index in [4.69, 9.17) is 15.0 Å². The van der Waals surface area contributed by atoms with Crippen LogP contribution in [0.25, 0.3) is 123 Å². The van der Waals surface area contributed by atoms with Gasteiger partial charge in [0, 0.05) is 49.3 Å². The lowest BCUT2D eigenvalue weighted by atomic mass is 10.0. The number of aromatic nitrogens is 5. The van der Waals surface area contributed by atoms with Crippen LogP contribution in [0.2, 0.25) is 0 Å². The van der Waals surface area contributed by atoms with Crippen molar-refractivity contribution in [1.29, 1.82) is 0 Å². The molecule has 0 aliphatic heterocycles. The largest absolute Gasteiger partial charge is 0.309 e. The summed E-state index contributed by atoms with van der Waals surface area (Å²) in [7, 11) is 0. The lowest BCUT2D eigenvalue weighted by molar-refractivity contribution is 1.08. The van der Waals surface area contributed by atoms with Crippen LogP contribution in [0.15, 0.2) is 213 Å². The molecule has 0 aliphatic rings. The predicted molar refractivity (Wildman–Crippen MR) is 273 cm³/mol. The van der Waals surface area contributed by atoms with Crippen molar-refractivity contribution in [3.63, 3.8) is 0 Å². The van der Waals surface area contributed by atoms with E-state index in [9.17, 15) is 0 Å². The van der Waals surface area contributed by atoms with Gasteiger partial charge in [0.1, 0.15) is 0 Å². The summed E-state index contributed by atoms with van der Waals surface area (Å²) in [5.74, 6) is 1.86. The fourth-order valence-electron chi connectivity index (χ4n) is 9.66. The van der Waals surface area contributed by atoms with E-state index in [-0.39, 0.29) is 0 Å². The molecule has 0 bridgehead atoms. The van der Waals surface area contributed by atoms with Gasteiger partial charge in [0.2, 0.25) is 0 Å². The summed E-state index contributed by atoms with van der Waals surface area (Å²) in [4.78, 5) is 15.6. The van der Waals surface area contributed by atoms with E-state index in [2.05, 4.69) is 211 Å². The van der Waals surface area contributed by atoms with E-state index in [1.807, 2.05) is 30.3 Å². The molecular weight excluding hydrogens is 791 g/mol. The smallest absolute Gasteiger partial charge is 0.164 e. The molecule has 0 saturated carbocycles. The lowest BCUT2D eigenvalue weighted by Crippen LogP contribution is -2.02. The van der Waals surface area contributed by atoms with Crippen molar-refractivity contribution in [3.05, 3.63) is 224 Å². The zero-order chi connectivity index (χ0) is 43.4. The molecule has 3 heterocycles. The first-order chi connectivity index (χ1) is 32.1. The Morgan fingerprint density at radius 2 is 0.954 bits per heavy atom. The molecule has 12 rings (SSSR count). The molecule has 0 saturated heterocycles. The second-order valence-electron chi connectivity index (χ2n) is 16.4. The van der Waals surface area contributed by atoms with Crippen molar-refractivity contribution in [1.82, 2.24) is 24.1 Å². The van der Waals surface area contributed by atoms with Crippen LogP contribution in [-0.2, 0) is 0 Å². The Labute approximate surface area is 376 Å². The highest BCUT2D eigenvalue weighted by Gasteiger charge is 2.22. The number of hydrogen-bond donors (Lipinski definition) is 0. The highest BCUT2D eigenvalue weighted by molar-refractivity contribution is 6.20. The zero-order valence-electron chi connectivity index (χ0n) is 35.7. The molecule has 0 aliphatic carbocycles. The highest BCUT2D eigenvalue weighted by Crippen LogP contribution is 2.43. The number of hydrogen-bond acceptors (Lipinski definition) is 3. The average Bonchev–Trinajstić information content (AvgIpc) is 3.86. The number of para-hydroxylation sites is 2. The van der Waals surface area contributed by atoms with E-state index in [0.29, 0.717) is 17.5 Å². The van der Waals surface area contributed by atoms with Gasteiger partial charge in [0.25, 0.3) is 0 Å². The predicted octanol–water partition coefficient (Wildman–Crippen LogP) is 15.6. The van der Waals surface area contributed by atoms with Crippen LogP contribution < -0.4 is 0 Å². The Hall–Kier alpha value is -8.67. The second kappa shape index (κ2) is 15.6. The first kappa shape index (κ1) is 38.0. The quantitative estimate of drug-likeness (QED) is 0.153. The maximum Gasteiger partial charge on any atom is 0.164 e. The molecule has 306 valence electrons. The highest BCUT2D eigenvalue weighted by atomic mass is 15.0. The van der Waals surface area contributed by atoms with Gasteiger partial charge in [-0.15, -0.1) is 0 Å². The van der Waals surface area contributed by atoms with Gasteiger partial charge in [0.15, 0.2) is 17.5 Å². The lowest BCUT2D eigenvalue weighted by Gasteiger charge is -2.16. The first-order valence-corrected chi connectivity index (χ1v) is 22.0. The fraction of sp³-hybridized carbons (Fsp3) is 0.0167. The third-order valence-corrected chi connectivity index (χ3v) is 12.6. The van der Waals surface area contributed by atoms with Crippen LogP contribution >= 0.6 is 0 Å². The maximum absolute atomic E-state index is 5.27. The normalized spacial score (nSPS) is 11.8. The Balaban J connectivity index is 1.13. The number of nitrogens with zero attached hydrogens (tertiary/aromatic N) is 5. The molecule has 0 amide bonds. The van der Waals surface area contributed by atoms with Gasteiger partial charge in [-0.05, 0) is 95.2 Å². The summed E-state index contributed by atoms with van der Waals surface area (Å²) >= 11 is 0. The van der Waals surface area contributed by atoms with Crippen LogP contribution in [0.4, 0.5) is 0 Å². The summed E-state index contributed by atoms with van der Waals surface area (Å²) < 4.78 is 4.85. The van der Waals surface area contributed by atoms with Crippen molar-refractivity contribution in [2.45, 2.75) is 6.92 Å². The summed E-state index contributed by atoms with van der Waals surface area (Å²) in [5, 5.41) is 6.91. The van der Waals surface area contributed by atoms with Crippen molar-refractivity contribution in [3.8, 4) is 56.7 Å². The van der Waals surface area contributed by atoms with Crippen LogP contribution in [0.1, 0.15) is 18.1 Å². The number of allylic oxidation sites excluding steroid dienone is 1. The number of fused-ring (bicyclic) bond motifs is 7. The minimum absolute atomic E-state index is 0.615. The first-order valence-electron chi connectivity index (χ1n) is 22.0. The standard InChI is InChI=1S/C60H41N5/c1-3-19-42-36-55-50(35-39(42)4-2)52-37-51-48-30-16-17-31-53(48)64(45-26-12-7-13-27-45)56(51)38-57(52)65(55)54-33-32-49(46-28-14-15-29-47(46)54)60-62-58(41-22-10-6-11-23-41)61-59(63-60)44-25-18-24-43(34-44)40-20-8-5-9-21-40/h3-38H,2H2,1H3/b19-3-. The topological polar surface area (TPSA) is 48.5 Å². The molecule has 0 spiro atoms. The molecule has 3 aromatic heterocycles. The summed E-state index contributed by atoms with van der Waals surface area (Å²) in [6, 6.07) is 70.9. The molecule has 0 atom stereocenters. The third-order valence-electron chi connectivity index (χ3n) is 12.6. The monoisotopic (exact) mass is 831 g/mol. The molecule has 0 radical (unpaired) electrons. The van der Waals surface area contributed by atoms with Crippen molar-refractivity contribution >= 4 is 66.5 Å². The maximum atomic E-state index is 5.27. The Morgan fingerprint density at radius 3 is 1.71 bits per heavy atom. The number of benzene rings is 9. The minimum Gasteiger partial charge on any atom is -0.309 e. The minimum atomic E-state index is 0.615. The zero-order valence-corrected chi connectivity index (χ0v) is 35.7. The van der Waals surface area contributed by atoms with Crippen LogP contribution in [0.5, 0.6) is 0 Å². The van der Waals surface area contributed by atoms with E-state index in [0.717, 1.165) is 77.6 Å². The van der Waals surface area contributed by atoms with Crippen molar-refractivity contribution in [2.24, 2.45) is 0 Å². The molecule has 5 nitrogen and oxygen atoms in total. The molecule has 5 heteroatoms. The summed E-state index contributed by atoms with van der Waals surface area (Å²) in [6.07, 6.45) is 6.23. The van der Waals surface area contributed by atoms with Crippen LogP contribution in [0, 0.1) is 0 Å². The second-order valence-corrected chi connectivity index (χ2v) is 16.4. The van der Waals surface area contributed by atoms with Gasteiger partial charge in [-0.25, -0.2) is 15.0 Å². The molecule has 65 heavy (non-hydrogen) atoms. The summed E-state index contributed by atoms with van der Waals surface area (Å²) in [5.41, 5.74) is 14.0. The molecule has 9 aromatic carbocycles. The molecule has 0 fully saturated rings. The van der Waals surface area contributed by atoms with E-state index in [1.54, 1.807) is 0 Å². The molecular formula is C60H41N5. The molecule has 0 unspecified atom stereocenters. The van der Waals surface area contributed by atoms with E-state index in [1.165, 1.54) is 27.1 Å². The van der Waals surface area contributed by atoms with Crippen LogP contribution in [-0.4, -0.2) is 24.1 Å². The van der Waals surface area contributed by atoms with Gasteiger partial charge < -0.3 is 9.13 Å². The van der Waals surface area contributed by atoms with E-state index >= 15 is 0 Å². The Morgan fingerprint density at radius 1 is 0.385 bits per heavy atom. The van der Waals surface area contributed by atoms with Crippen molar-refractivity contribution in [2.75, 3.05) is 0 Å². The Kier molecular flexibility index (Phi) is 9.13. The van der Waals surface area contributed by atoms with Gasteiger partial charge >= 0.3 is 0 Å². The average molecular weight is 832 g/mol. The Bertz CT molecular complexity index is 3840. The SMILES string of the molecule is C=Cc1cc2c3cc4c5ccccc5n(-c5ccccc5)c4cc3n(-c3ccc(-c4nc(-c5ccccc5)nc(-c5cccc(-c6ccccc6)c5)n4)c4ccccc34)c2cc1/C=C\C. The van der Waals surface area contributed by atoms with Gasteiger partial charge in [0.05, 0.1) is 27.8 Å². The van der Waals surface area contributed by atoms with Crippen molar-refractivity contribution < 1.29 is 0 Å². The fourth-order valence-corrected chi connectivity index (χ4v) is 9.66. The van der Waals surface area contributed by atoms with E-state index < -0.39 is 0 Å². The molecule has 12 aromatic rings. The summed E-state index contributed by atoms with van der Waals surface area (Å²) in [6.45, 7) is 6.31. The number of rotatable bonds is 8. The van der Waals surface area contributed by atoms with Gasteiger partial charge in [-0.3, -0.25) is 0 Å². The molecule has 0 N–H and O–H groups in total. The van der Waals surface area contributed by atoms with Crippen LogP contribution in [0.3, 0.4) is 0 Å². The third kappa shape index (κ3) is 6.36.